The van der Waals surface area contributed by atoms with Gasteiger partial charge in [0.25, 0.3) is 0 Å². The van der Waals surface area contributed by atoms with Crippen molar-refractivity contribution in [2.45, 2.75) is 58.9 Å². The lowest BCUT2D eigenvalue weighted by Gasteiger charge is -2.39. The van der Waals surface area contributed by atoms with Crippen LogP contribution < -0.4 is 16.1 Å². The molecule has 7 nitrogen and oxygen atoms in total. The monoisotopic (exact) mass is 401 g/mol. The van der Waals surface area contributed by atoms with Crippen LogP contribution in [0.5, 0.6) is 0 Å². The Morgan fingerprint density at radius 1 is 1.25 bits per heavy atom. The van der Waals surface area contributed by atoms with Crippen molar-refractivity contribution >= 4 is 29.0 Å². The molecular formula is C20H31N7S. The molecule has 3 heterocycles. The second-order valence-electron chi connectivity index (χ2n) is 9.71. The number of fused-ring (bicyclic) bond motifs is 2. The quantitative estimate of drug-likeness (QED) is 0.348. The molecule has 3 aliphatic rings. The van der Waals surface area contributed by atoms with Gasteiger partial charge in [0.05, 0.1) is 12.4 Å². The molecular weight excluding hydrogens is 370 g/mol. The van der Waals surface area contributed by atoms with Gasteiger partial charge in [0, 0.05) is 25.7 Å². The Morgan fingerprint density at radius 2 is 2.00 bits per heavy atom. The Bertz CT molecular complexity index is 787. The van der Waals surface area contributed by atoms with Crippen LogP contribution in [-0.4, -0.2) is 51.5 Å². The molecule has 2 bridgehead atoms. The normalized spacial score (nSPS) is 29.2. The standard InChI is InChI=1S/C20H31N7S/c1-19(2)8-14-9-20(3,12-19)13-27(14)16-11-22-10-15(23-16)17(21)24-25-18(28)26-6-4-5-7-26/h10-11,14H,4-9,12-13H2,1-3H3,(H2,21,24)(H,25,28). The van der Waals surface area contributed by atoms with E-state index in [1.54, 1.807) is 6.20 Å². The van der Waals surface area contributed by atoms with Gasteiger partial charge in [-0.3, -0.25) is 10.4 Å². The molecule has 3 N–H and O–H groups in total. The number of likely N-dealkylation sites (tertiary alicyclic amines) is 1. The van der Waals surface area contributed by atoms with Gasteiger partial charge in [0.2, 0.25) is 0 Å². The first-order chi connectivity index (χ1) is 13.2. The molecule has 0 radical (unpaired) electrons. The fraction of sp³-hybridized carbons (Fsp3) is 0.700. The highest BCUT2D eigenvalue weighted by atomic mass is 32.1. The lowest BCUT2D eigenvalue weighted by atomic mass is 9.65. The Hall–Kier alpha value is -1.96. The smallest absolute Gasteiger partial charge is 0.189 e. The van der Waals surface area contributed by atoms with Crippen molar-refractivity contribution in [1.29, 1.82) is 0 Å². The van der Waals surface area contributed by atoms with Crippen LogP contribution in [0.25, 0.3) is 0 Å². The topological polar surface area (TPSA) is 82.7 Å². The SMILES string of the molecule is CC1(C)CC2CC(C)(CN2c2cncc(/C(N)=N\NC(=S)N3CCCC3)n2)C1. The number of thiocarbonyl (C=S) groups is 1. The third-order valence-corrected chi connectivity index (χ3v) is 6.61. The van der Waals surface area contributed by atoms with Crippen LogP contribution in [0.4, 0.5) is 5.82 Å². The molecule has 0 spiro atoms. The number of nitrogens with zero attached hydrogens (tertiary/aromatic N) is 5. The van der Waals surface area contributed by atoms with E-state index in [-0.39, 0.29) is 0 Å². The van der Waals surface area contributed by atoms with Gasteiger partial charge in [-0.25, -0.2) is 4.98 Å². The van der Waals surface area contributed by atoms with E-state index in [9.17, 15) is 0 Å². The minimum Gasteiger partial charge on any atom is -0.380 e. The van der Waals surface area contributed by atoms with Crippen molar-refractivity contribution in [2.24, 2.45) is 21.7 Å². The zero-order valence-corrected chi connectivity index (χ0v) is 17.9. The lowest BCUT2D eigenvalue weighted by molar-refractivity contribution is 0.136. The summed E-state index contributed by atoms with van der Waals surface area (Å²) >= 11 is 5.39. The molecule has 152 valence electrons. The Labute approximate surface area is 172 Å². The number of aromatic nitrogens is 2. The molecule has 2 atom stereocenters. The zero-order chi connectivity index (χ0) is 19.9. The summed E-state index contributed by atoms with van der Waals surface area (Å²) in [7, 11) is 0. The number of nitrogens with one attached hydrogen (secondary N) is 1. The first-order valence-corrected chi connectivity index (χ1v) is 10.6. The molecule has 1 saturated carbocycles. The summed E-state index contributed by atoms with van der Waals surface area (Å²) in [5, 5.41) is 4.87. The van der Waals surface area contributed by atoms with E-state index in [0.29, 0.717) is 33.5 Å². The molecule has 0 amide bonds. The van der Waals surface area contributed by atoms with Crippen molar-refractivity contribution in [3.63, 3.8) is 0 Å². The molecule has 2 aliphatic heterocycles. The van der Waals surface area contributed by atoms with Gasteiger partial charge in [-0.1, -0.05) is 20.8 Å². The molecule has 2 saturated heterocycles. The molecule has 2 unspecified atom stereocenters. The average Bonchev–Trinajstić information content (AvgIpc) is 3.25. The maximum atomic E-state index is 6.17. The molecule has 1 aromatic heterocycles. The number of hydrogen-bond donors (Lipinski definition) is 2. The summed E-state index contributed by atoms with van der Waals surface area (Å²) in [5.74, 6) is 1.20. The molecule has 3 fully saturated rings. The van der Waals surface area contributed by atoms with Crippen molar-refractivity contribution in [3.8, 4) is 0 Å². The molecule has 4 rings (SSSR count). The van der Waals surface area contributed by atoms with Crippen LogP contribution in [0.3, 0.4) is 0 Å². The third-order valence-electron chi connectivity index (χ3n) is 6.26. The highest BCUT2D eigenvalue weighted by Crippen LogP contribution is 2.53. The third kappa shape index (κ3) is 3.92. The summed E-state index contributed by atoms with van der Waals surface area (Å²) in [5.41, 5.74) is 10.4. The van der Waals surface area contributed by atoms with Crippen molar-refractivity contribution in [2.75, 3.05) is 24.5 Å². The summed E-state index contributed by atoms with van der Waals surface area (Å²) in [6.45, 7) is 10.1. The number of amidine groups is 1. The maximum Gasteiger partial charge on any atom is 0.189 e. The van der Waals surface area contributed by atoms with Gasteiger partial charge in [-0.2, -0.15) is 5.10 Å². The predicted molar refractivity (Wildman–Crippen MR) is 116 cm³/mol. The van der Waals surface area contributed by atoms with Crippen LogP contribution in [0.2, 0.25) is 0 Å². The molecule has 1 aliphatic carbocycles. The van der Waals surface area contributed by atoms with E-state index in [0.717, 1.165) is 25.5 Å². The second-order valence-corrected chi connectivity index (χ2v) is 10.1. The van der Waals surface area contributed by atoms with E-state index in [1.807, 2.05) is 6.20 Å². The first-order valence-electron chi connectivity index (χ1n) is 10.2. The highest BCUT2D eigenvalue weighted by molar-refractivity contribution is 7.80. The maximum absolute atomic E-state index is 6.17. The number of anilines is 1. The van der Waals surface area contributed by atoms with Gasteiger partial charge in [0.15, 0.2) is 10.9 Å². The van der Waals surface area contributed by atoms with Crippen molar-refractivity contribution in [1.82, 2.24) is 20.3 Å². The van der Waals surface area contributed by atoms with E-state index >= 15 is 0 Å². The first kappa shape index (κ1) is 19.4. The number of rotatable bonds is 3. The Kier molecular flexibility index (Phi) is 4.93. The molecule has 28 heavy (non-hydrogen) atoms. The Morgan fingerprint density at radius 3 is 2.75 bits per heavy atom. The second kappa shape index (κ2) is 7.13. The number of hydrogen-bond acceptors (Lipinski definition) is 5. The van der Waals surface area contributed by atoms with E-state index < -0.39 is 0 Å². The summed E-state index contributed by atoms with van der Waals surface area (Å²) in [6.07, 6.45) is 9.50. The van der Waals surface area contributed by atoms with E-state index in [4.69, 9.17) is 22.9 Å². The predicted octanol–water partition coefficient (Wildman–Crippen LogP) is 2.47. The number of nitrogens with two attached hydrogens (primary N) is 1. The minimum atomic E-state index is 0.310. The summed E-state index contributed by atoms with van der Waals surface area (Å²) in [4.78, 5) is 13.7. The summed E-state index contributed by atoms with van der Waals surface area (Å²) in [6, 6.07) is 0.511. The van der Waals surface area contributed by atoms with Crippen LogP contribution in [-0.2, 0) is 0 Å². The van der Waals surface area contributed by atoms with E-state index in [1.165, 1.54) is 32.1 Å². The average molecular weight is 402 g/mol. The van der Waals surface area contributed by atoms with Crippen molar-refractivity contribution in [3.05, 3.63) is 18.1 Å². The largest absolute Gasteiger partial charge is 0.380 e. The van der Waals surface area contributed by atoms with Crippen molar-refractivity contribution < 1.29 is 0 Å². The van der Waals surface area contributed by atoms with Gasteiger partial charge in [0.1, 0.15) is 11.5 Å². The van der Waals surface area contributed by atoms with Crippen LogP contribution in [0, 0.1) is 10.8 Å². The summed E-state index contributed by atoms with van der Waals surface area (Å²) < 4.78 is 0. The molecule has 1 aromatic rings. The van der Waals surface area contributed by atoms with Gasteiger partial charge >= 0.3 is 0 Å². The van der Waals surface area contributed by atoms with E-state index in [2.05, 4.69) is 46.1 Å². The van der Waals surface area contributed by atoms with Gasteiger partial charge in [-0.15, -0.1) is 0 Å². The fourth-order valence-electron chi connectivity index (χ4n) is 5.50. The zero-order valence-electron chi connectivity index (χ0n) is 17.1. The lowest BCUT2D eigenvalue weighted by Crippen LogP contribution is -2.36. The number of hydrazone groups is 1. The van der Waals surface area contributed by atoms with Gasteiger partial charge in [-0.05, 0) is 55.2 Å². The minimum absolute atomic E-state index is 0.310. The van der Waals surface area contributed by atoms with Gasteiger partial charge < -0.3 is 15.5 Å². The van der Waals surface area contributed by atoms with Crippen LogP contribution in [0.1, 0.15) is 58.6 Å². The molecule has 0 aromatic carbocycles. The van der Waals surface area contributed by atoms with Crippen LogP contribution >= 0.6 is 12.2 Å². The fourth-order valence-corrected chi connectivity index (χ4v) is 5.73. The highest BCUT2D eigenvalue weighted by Gasteiger charge is 2.50. The molecule has 8 heteroatoms. The Balaban J connectivity index is 1.49. The van der Waals surface area contributed by atoms with Crippen LogP contribution in [0.15, 0.2) is 17.5 Å².